The van der Waals surface area contributed by atoms with Crippen LogP contribution >= 0.6 is 0 Å². The van der Waals surface area contributed by atoms with Gasteiger partial charge in [0.15, 0.2) is 0 Å². The van der Waals surface area contributed by atoms with E-state index in [1.165, 1.54) is 12.3 Å². The Morgan fingerprint density at radius 2 is 1.93 bits per heavy atom. The molecular formula is C29H34FN5O5S. The number of carbonyl (C=O) groups is 1. The van der Waals surface area contributed by atoms with Crippen LogP contribution in [0.3, 0.4) is 0 Å². The first kappa shape index (κ1) is 27.8. The molecule has 218 valence electrons. The van der Waals surface area contributed by atoms with E-state index >= 15 is 4.39 Å². The van der Waals surface area contributed by atoms with Crippen LogP contribution in [0.1, 0.15) is 45.1 Å². The first-order valence-corrected chi connectivity index (χ1v) is 15.4. The molecule has 12 heteroatoms. The molecule has 0 saturated heterocycles. The van der Waals surface area contributed by atoms with Crippen molar-refractivity contribution in [1.29, 1.82) is 0 Å². The van der Waals surface area contributed by atoms with E-state index in [0.29, 0.717) is 54.4 Å². The molecule has 1 aromatic carbocycles. The summed E-state index contributed by atoms with van der Waals surface area (Å²) in [5.41, 5.74) is 1.97. The second kappa shape index (κ2) is 10.2. The Bertz CT molecular complexity index is 1640. The Kier molecular flexibility index (Phi) is 6.90. The molecule has 3 heterocycles. The van der Waals surface area contributed by atoms with Crippen LogP contribution in [-0.4, -0.2) is 69.0 Å². The number of halogens is 1. The number of benzene rings is 1. The van der Waals surface area contributed by atoms with Crippen molar-refractivity contribution in [3.63, 3.8) is 0 Å². The van der Waals surface area contributed by atoms with E-state index in [0.717, 1.165) is 5.56 Å². The quantitative estimate of drug-likeness (QED) is 0.346. The molecule has 1 aliphatic heterocycles. The number of pyridine rings is 2. The highest BCUT2D eigenvalue weighted by Gasteiger charge is 2.58. The van der Waals surface area contributed by atoms with Crippen molar-refractivity contribution in [3.8, 4) is 17.0 Å². The molecule has 3 aromatic rings. The molecule has 2 N–H and O–H groups in total. The minimum atomic E-state index is -3.63. The van der Waals surface area contributed by atoms with Crippen molar-refractivity contribution in [2.75, 3.05) is 36.9 Å². The number of rotatable bonds is 10. The number of carbonyl (C=O) groups excluding carboxylic acids is 1. The number of aromatic nitrogens is 2. The number of methoxy groups -OCH3 is 1. The summed E-state index contributed by atoms with van der Waals surface area (Å²) in [6, 6.07) is 4.86. The molecule has 10 nitrogen and oxygen atoms in total. The number of fused-ring (bicyclic) bond motifs is 4. The number of nitrogens with one attached hydrogen (secondary N) is 2. The van der Waals surface area contributed by atoms with Gasteiger partial charge in [-0.2, -0.15) is 0 Å². The zero-order valence-corrected chi connectivity index (χ0v) is 24.3. The monoisotopic (exact) mass is 583 g/mol. The predicted octanol–water partition coefficient (Wildman–Crippen LogP) is 3.74. The zero-order valence-electron chi connectivity index (χ0n) is 23.5. The molecule has 0 bridgehead atoms. The number of nitrogens with zero attached hydrogens (tertiary/aromatic N) is 3. The summed E-state index contributed by atoms with van der Waals surface area (Å²) in [5.74, 6) is -0.431. The molecule has 41 heavy (non-hydrogen) atoms. The first-order chi connectivity index (χ1) is 19.5. The fourth-order valence-corrected chi connectivity index (χ4v) is 7.26. The molecule has 2 aromatic heterocycles. The van der Waals surface area contributed by atoms with Gasteiger partial charge >= 0.3 is 0 Å². The van der Waals surface area contributed by atoms with Crippen LogP contribution in [0.2, 0.25) is 0 Å². The third-order valence-corrected chi connectivity index (χ3v) is 10.1. The number of ether oxygens (including phenoxy) is 2. The maximum absolute atomic E-state index is 15.6. The molecule has 3 aliphatic rings. The van der Waals surface area contributed by atoms with Crippen molar-refractivity contribution in [2.45, 2.75) is 62.3 Å². The van der Waals surface area contributed by atoms with E-state index in [-0.39, 0.29) is 41.8 Å². The van der Waals surface area contributed by atoms with Gasteiger partial charge < -0.3 is 19.7 Å². The maximum atomic E-state index is 15.6. The highest BCUT2D eigenvalue weighted by atomic mass is 32.2. The van der Waals surface area contributed by atoms with E-state index < -0.39 is 26.5 Å². The van der Waals surface area contributed by atoms with Crippen LogP contribution < -0.4 is 19.7 Å². The zero-order chi connectivity index (χ0) is 29.1. The Labute approximate surface area is 238 Å². The topological polar surface area (TPSA) is 123 Å². The molecule has 0 atom stereocenters. The van der Waals surface area contributed by atoms with Crippen LogP contribution in [0.5, 0.6) is 5.88 Å². The van der Waals surface area contributed by atoms with Crippen LogP contribution in [0, 0.1) is 5.82 Å². The second-order valence-corrected chi connectivity index (χ2v) is 13.4. The third kappa shape index (κ3) is 4.81. The van der Waals surface area contributed by atoms with Gasteiger partial charge in [0.1, 0.15) is 18.1 Å². The summed E-state index contributed by atoms with van der Waals surface area (Å²) in [4.78, 5) is 23.9. The third-order valence-electron chi connectivity index (χ3n) is 8.25. The predicted molar refractivity (Wildman–Crippen MR) is 154 cm³/mol. The second-order valence-electron chi connectivity index (χ2n) is 11.5. The Balaban J connectivity index is 1.42. The molecule has 2 fully saturated rings. The van der Waals surface area contributed by atoms with Gasteiger partial charge in [-0.05, 0) is 37.8 Å². The largest absolute Gasteiger partial charge is 0.475 e. The molecular weight excluding hydrogens is 549 g/mol. The lowest BCUT2D eigenvalue weighted by atomic mass is 9.62. The Morgan fingerprint density at radius 3 is 2.61 bits per heavy atom. The van der Waals surface area contributed by atoms with Gasteiger partial charge in [-0.3, -0.25) is 14.5 Å². The molecule has 1 amide bonds. The Hall–Kier alpha value is -3.35. The van der Waals surface area contributed by atoms with Gasteiger partial charge in [-0.25, -0.2) is 17.8 Å². The summed E-state index contributed by atoms with van der Waals surface area (Å²) in [6.07, 6.45) is 5.32. The van der Waals surface area contributed by atoms with Gasteiger partial charge in [0.2, 0.25) is 21.8 Å². The minimum absolute atomic E-state index is 0.0205. The maximum Gasteiger partial charge on any atom is 0.238 e. The number of sulfonamides is 1. The number of anilines is 2. The van der Waals surface area contributed by atoms with E-state index in [9.17, 15) is 13.2 Å². The lowest BCUT2D eigenvalue weighted by Crippen LogP contribution is -2.51. The van der Waals surface area contributed by atoms with Crippen LogP contribution in [0.25, 0.3) is 22.0 Å². The average molecular weight is 584 g/mol. The number of hydrogen-bond acceptors (Lipinski definition) is 8. The van der Waals surface area contributed by atoms with E-state index in [2.05, 4.69) is 20.0 Å². The summed E-state index contributed by atoms with van der Waals surface area (Å²) >= 11 is 0. The molecule has 0 unspecified atom stereocenters. The van der Waals surface area contributed by atoms with E-state index in [4.69, 9.17) is 9.47 Å². The first-order valence-electron chi connectivity index (χ1n) is 13.9. The summed E-state index contributed by atoms with van der Waals surface area (Å²) in [5, 5.41) is 3.45. The lowest BCUT2D eigenvalue weighted by molar-refractivity contribution is -0.131. The van der Waals surface area contributed by atoms with Crippen LogP contribution in [0.15, 0.2) is 30.6 Å². The minimum Gasteiger partial charge on any atom is -0.475 e. The van der Waals surface area contributed by atoms with Crippen molar-refractivity contribution in [2.24, 2.45) is 0 Å². The highest BCUT2D eigenvalue weighted by molar-refractivity contribution is 7.93. The van der Waals surface area contributed by atoms with Crippen molar-refractivity contribution >= 4 is 38.2 Å². The summed E-state index contributed by atoms with van der Waals surface area (Å²) in [6.45, 7) is 4.85. The highest BCUT2D eigenvalue weighted by Crippen LogP contribution is 2.56. The average Bonchev–Trinajstić information content (AvgIpc) is 3.74. The van der Waals surface area contributed by atoms with Gasteiger partial charge in [0.05, 0.1) is 34.2 Å². The van der Waals surface area contributed by atoms with Gasteiger partial charge in [-0.15, -0.1) is 0 Å². The standard InChI is InChI=1S/C29H34FN5O5S/c1-16(2)31-7-8-40-27-24(34-41(37,38)19-5-6-19)9-17(14-33-27)20-10-21-23(11-22(20)30)32-15-25-26(21)29(28(36)35(25)3)12-18(13-29)39-4/h9-11,14-16,18-19,31,34H,5-8,12-13H2,1-4H3/t18-,29-. The number of likely N-dealkylation sites (N-methyl/N-ethyl adjacent to an activating group) is 1. The van der Waals surface area contributed by atoms with Gasteiger partial charge in [-0.1, -0.05) is 13.8 Å². The summed E-state index contributed by atoms with van der Waals surface area (Å²) in [7, 11) is -0.271. The van der Waals surface area contributed by atoms with Crippen molar-refractivity contribution in [1.82, 2.24) is 15.3 Å². The number of hydrogen-bond donors (Lipinski definition) is 2. The molecule has 1 spiro atoms. The fourth-order valence-electron chi connectivity index (χ4n) is 5.88. The SMILES string of the molecule is CO[C@H]1C[C@@]2(C1)C(=O)N(C)c1cnc3cc(F)c(-c4cnc(OCCNC(C)C)c(NS(=O)(=O)C5CC5)c4)cc3c12. The lowest BCUT2D eigenvalue weighted by Gasteiger charge is -2.43. The van der Waals surface area contributed by atoms with Gasteiger partial charge in [0, 0.05) is 61.1 Å². The van der Waals surface area contributed by atoms with Crippen LogP contribution in [0.4, 0.5) is 15.8 Å². The van der Waals surface area contributed by atoms with Crippen molar-refractivity contribution in [3.05, 3.63) is 42.0 Å². The van der Waals surface area contributed by atoms with Gasteiger partial charge in [0.25, 0.3) is 0 Å². The van der Waals surface area contributed by atoms with Crippen molar-refractivity contribution < 1.29 is 27.1 Å². The normalized spacial score (nSPS) is 22.0. The Morgan fingerprint density at radius 1 is 1.17 bits per heavy atom. The van der Waals surface area contributed by atoms with E-state index in [1.807, 2.05) is 13.8 Å². The van der Waals surface area contributed by atoms with E-state index in [1.54, 1.807) is 37.4 Å². The molecule has 2 aliphatic carbocycles. The summed E-state index contributed by atoms with van der Waals surface area (Å²) < 4.78 is 55.2. The fraction of sp³-hybridized carbons (Fsp3) is 0.483. The molecule has 2 saturated carbocycles. The molecule has 6 rings (SSSR count). The molecule has 0 radical (unpaired) electrons. The smallest absolute Gasteiger partial charge is 0.238 e. The van der Waals surface area contributed by atoms with Crippen LogP contribution in [-0.2, 0) is 25.0 Å². The number of amides is 1.